The number of halogens is 17. The third-order valence-corrected chi connectivity index (χ3v) is 8.06. The summed E-state index contributed by atoms with van der Waals surface area (Å²) in [7, 11) is -3.50. The van der Waals surface area contributed by atoms with E-state index in [2.05, 4.69) is 0 Å². The van der Waals surface area contributed by atoms with Crippen molar-refractivity contribution in [2.45, 2.75) is 0 Å². The second-order valence-electron chi connectivity index (χ2n) is 10.8. The molecule has 0 heterocycles. The van der Waals surface area contributed by atoms with Crippen molar-refractivity contribution in [2.75, 3.05) is 0 Å². The number of hydrogen-bond donors (Lipinski definition) is 0. The van der Waals surface area contributed by atoms with Crippen molar-refractivity contribution >= 4 is 55.7 Å². The molecule has 0 saturated heterocycles. The quantitative estimate of drug-likeness (QED) is 0.0573. The average molecular weight is 754 g/mol. The highest BCUT2D eigenvalue weighted by Gasteiger charge is 2.43. The summed E-state index contributed by atoms with van der Waals surface area (Å²) in [4.78, 5) is 0. The Labute approximate surface area is 274 Å². The van der Waals surface area contributed by atoms with Gasteiger partial charge in [-0.15, -0.1) is 0 Å². The van der Waals surface area contributed by atoms with Crippen LogP contribution in [0.1, 0.15) is 0 Å². The monoisotopic (exact) mass is 754 g/mol. The molecule has 0 N–H and O–H groups in total. The smallest absolute Gasteiger partial charge is 0.521 e. The van der Waals surface area contributed by atoms with Gasteiger partial charge < -0.3 is 9.31 Å². The molecule has 7 aromatic rings. The van der Waals surface area contributed by atoms with Crippen LogP contribution in [0.2, 0.25) is 0 Å². The van der Waals surface area contributed by atoms with E-state index in [9.17, 15) is 48.3 Å². The van der Waals surface area contributed by atoms with Crippen LogP contribution < -0.4 is 14.8 Å². The Morgan fingerprint density at radius 3 is 1.31 bits per heavy atom. The fraction of sp³-hybridized carbons (Fsp3) is 0. The van der Waals surface area contributed by atoms with Gasteiger partial charge in [-0.2, -0.15) is 8.78 Å². The number of rotatable bonds is 5. The normalized spacial score (nSPS) is 11.9. The summed E-state index contributed by atoms with van der Waals surface area (Å²) < 4.78 is 263. The van der Waals surface area contributed by atoms with Gasteiger partial charge in [-0.25, -0.2) is 65.9 Å². The van der Waals surface area contributed by atoms with Crippen LogP contribution in [0.3, 0.4) is 0 Å². The topological polar surface area (TPSA) is 18.5 Å². The van der Waals surface area contributed by atoms with Crippen LogP contribution in [-0.4, -0.2) is 7.12 Å². The summed E-state index contributed by atoms with van der Waals surface area (Å²) >= 11 is 0. The second-order valence-corrected chi connectivity index (χ2v) is 10.8. The molecule has 7 rings (SSSR count). The first-order chi connectivity index (χ1) is 24.4. The highest BCUT2D eigenvalue weighted by atomic mass is 19.2. The standard InChI is InChI=1S/C32H4BF17O2/c34-5-3-6-9(2-1-7(35)10(6)8(36)4-5)51-33(52-32-30(49)28(47)27(46)29(48)31(32)50)17-13-11-12-15(19(38)18(13)37)23(42)26(45)24(43)16(12)21(40)20(39)14(11)22(41)25(17)44/h1-4H. The fourth-order valence-corrected chi connectivity index (χ4v) is 5.86. The summed E-state index contributed by atoms with van der Waals surface area (Å²) in [5.74, 6) is -46.2. The van der Waals surface area contributed by atoms with Crippen molar-refractivity contribution in [1.29, 1.82) is 0 Å². The van der Waals surface area contributed by atoms with E-state index in [0.717, 1.165) is 0 Å². The first-order valence-electron chi connectivity index (χ1n) is 13.7. The number of fused-ring (bicyclic) bond motifs is 1. The van der Waals surface area contributed by atoms with Gasteiger partial charge in [0.15, 0.2) is 58.1 Å². The third kappa shape index (κ3) is 4.54. The zero-order valence-corrected chi connectivity index (χ0v) is 24.1. The van der Waals surface area contributed by atoms with E-state index >= 15 is 26.3 Å². The Morgan fingerprint density at radius 1 is 0.346 bits per heavy atom. The van der Waals surface area contributed by atoms with Crippen LogP contribution in [0.15, 0.2) is 24.3 Å². The third-order valence-electron chi connectivity index (χ3n) is 8.06. The SMILES string of the molecule is Fc1cc(F)c2c(F)ccc(OB(Oc3c(F)c(F)c(F)c(F)c3F)c3c(F)c(F)c4c(F)c(F)c5c(F)c(F)c(F)c6c(F)c(F)c3c4c56)c2c1. The summed E-state index contributed by atoms with van der Waals surface area (Å²) in [6.45, 7) is 0. The molecule has 0 aliphatic rings. The first-order valence-corrected chi connectivity index (χ1v) is 13.7. The van der Waals surface area contributed by atoms with E-state index < -0.39 is 166 Å². The van der Waals surface area contributed by atoms with Gasteiger partial charge in [0, 0.05) is 27.6 Å². The molecule has 7 aromatic carbocycles. The molecule has 0 radical (unpaired) electrons. The number of benzene rings is 7. The van der Waals surface area contributed by atoms with Crippen LogP contribution in [0.25, 0.3) is 43.1 Å². The Hall–Kier alpha value is -5.69. The minimum atomic E-state index is -3.50. The lowest BCUT2D eigenvalue weighted by atomic mass is 9.73. The molecule has 0 atom stereocenters. The predicted molar refractivity (Wildman–Crippen MR) is 146 cm³/mol. The highest BCUT2D eigenvalue weighted by Crippen LogP contribution is 2.45. The Morgan fingerprint density at radius 2 is 0.769 bits per heavy atom. The molecular formula is C32H4BF17O2. The minimum absolute atomic E-state index is 0.126. The van der Waals surface area contributed by atoms with E-state index in [4.69, 9.17) is 9.31 Å². The average Bonchev–Trinajstić information content (AvgIpc) is 3.09. The maximum atomic E-state index is 16.1. The molecule has 52 heavy (non-hydrogen) atoms. The maximum Gasteiger partial charge on any atom is 0.636 e. The van der Waals surface area contributed by atoms with E-state index in [1.807, 2.05) is 0 Å². The van der Waals surface area contributed by atoms with Gasteiger partial charge in [-0.05, 0) is 18.2 Å². The summed E-state index contributed by atoms with van der Waals surface area (Å²) in [5, 5.41) is -13.6. The van der Waals surface area contributed by atoms with Crippen molar-refractivity contribution in [1.82, 2.24) is 0 Å². The van der Waals surface area contributed by atoms with Gasteiger partial charge in [0.2, 0.25) is 29.1 Å². The zero-order chi connectivity index (χ0) is 38.0. The molecule has 0 aliphatic heterocycles. The predicted octanol–water partition coefficient (Wildman–Crippen LogP) is 9.96. The highest BCUT2D eigenvalue weighted by molar-refractivity contribution is 6.66. The van der Waals surface area contributed by atoms with Crippen molar-refractivity contribution in [2.24, 2.45) is 0 Å². The summed E-state index contributed by atoms with van der Waals surface area (Å²) in [6.07, 6.45) is 0. The Kier molecular flexibility index (Phi) is 7.80. The van der Waals surface area contributed by atoms with Gasteiger partial charge >= 0.3 is 7.12 Å². The van der Waals surface area contributed by atoms with Gasteiger partial charge in [-0.3, -0.25) is 0 Å². The zero-order valence-electron chi connectivity index (χ0n) is 24.1. The molecule has 20 heteroatoms. The number of hydrogen-bond acceptors (Lipinski definition) is 2. The minimum Gasteiger partial charge on any atom is -0.521 e. The van der Waals surface area contributed by atoms with E-state index in [-0.39, 0.29) is 6.07 Å². The molecule has 0 amide bonds. The molecule has 0 bridgehead atoms. The van der Waals surface area contributed by atoms with Gasteiger partial charge in [0.1, 0.15) is 23.2 Å². The van der Waals surface area contributed by atoms with Crippen molar-refractivity contribution < 1.29 is 83.9 Å². The lowest BCUT2D eigenvalue weighted by Crippen LogP contribution is -2.46. The van der Waals surface area contributed by atoms with E-state index in [0.29, 0.717) is 18.2 Å². The lowest BCUT2D eigenvalue weighted by Gasteiger charge is -2.23. The summed E-state index contributed by atoms with van der Waals surface area (Å²) in [5.41, 5.74) is -2.11. The Balaban J connectivity index is 1.67. The fourth-order valence-electron chi connectivity index (χ4n) is 5.86. The van der Waals surface area contributed by atoms with E-state index in [1.165, 1.54) is 0 Å². The van der Waals surface area contributed by atoms with Crippen LogP contribution in [0.4, 0.5) is 74.6 Å². The first kappa shape index (κ1) is 34.7. The van der Waals surface area contributed by atoms with Gasteiger partial charge in [0.25, 0.3) is 0 Å². The molecule has 2 nitrogen and oxygen atoms in total. The van der Waals surface area contributed by atoms with Crippen LogP contribution >= 0.6 is 0 Å². The van der Waals surface area contributed by atoms with E-state index in [1.54, 1.807) is 0 Å². The van der Waals surface area contributed by atoms with Crippen LogP contribution in [0, 0.1) is 98.9 Å². The lowest BCUT2D eigenvalue weighted by molar-refractivity contribution is 0.335. The molecule has 0 spiro atoms. The second kappa shape index (κ2) is 11.7. The largest absolute Gasteiger partial charge is 0.636 e. The van der Waals surface area contributed by atoms with Gasteiger partial charge in [-0.1, -0.05) is 0 Å². The molecular weight excluding hydrogens is 750 g/mol. The molecule has 0 aliphatic carbocycles. The van der Waals surface area contributed by atoms with Crippen molar-refractivity contribution in [3.05, 3.63) is 123 Å². The Bertz CT molecular complexity index is 2680. The molecule has 0 saturated carbocycles. The molecule has 266 valence electrons. The van der Waals surface area contributed by atoms with Crippen LogP contribution in [-0.2, 0) is 0 Å². The maximum absolute atomic E-state index is 16.1. The van der Waals surface area contributed by atoms with Crippen molar-refractivity contribution in [3.8, 4) is 11.5 Å². The van der Waals surface area contributed by atoms with Crippen molar-refractivity contribution in [3.63, 3.8) is 0 Å². The van der Waals surface area contributed by atoms with Crippen LogP contribution in [0.5, 0.6) is 11.5 Å². The van der Waals surface area contributed by atoms with Gasteiger partial charge in [0.05, 0.1) is 27.0 Å². The molecule has 0 fully saturated rings. The molecule has 0 unspecified atom stereocenters. The molecule has 0 aromatic heterocycles. The summed E-state index contributed by atoms with van der Waals surface area (Å²) in [6, 6.07) is 1.18.